The molecule has 170 valence electrons. The highest BCUT2D eigenvalue weighted by Crippen LogP contribution is 2.25. The molecule has 1 aromatic heterocycles. The smallest absolute Gasteiger partial charge is 0.244 e. The lowest BCUT2D eigenvalue weighted by atomic mass is 10.1. The minimum atomic E-state index is -3.86. The Balaban J connectivity index is 2.36. The topological polar surface area (TPSA) is 62.6 Å². The lowest BCUT2D eigenvalue weighted by molar-refractivity contribution is -0.132. The lowest BCUT2D eigenvalue weighted by Crippen LogP contribution is -2.44. The molecule has 31 heavy (non-hydrogen) atoms. The van der Waals surface area contributed by atoms with Crippen LogP contribution in [0.15, 0.2) is 48.0 Å². The van der Waals surface area contributed by atoms with Crippen LogP contribution in [0.25, 0.3) is 0 Å². The van der Waals surface area contributed by atoms with Gasteiger partial charge in [0, 0.05) is 32.0 Å². The van der Waals surface area contributed by atoms with Gasteiger partial charge < -0.3 is 9.47 Å². The van der Waals surface area contributed by atoms with Crippen molar-refractivity contribution in [1.82, 2.24) is 13.8 Å². The molecule has 7 heteroatoms. The molecule has 0 fully saturated rings. The van der Waals surface area contributed by atoms with Gasteiger partial charge in [0.15, 0.2) is 0 Å². The van der Waals surface area contributed by atoms with Crippen molar-refractivity contribution in [1.29, 1.82) is 0 Å². The van der Waals surface area contributed by atoms with Gasteiger partial charge in [-0.25, -0.2) is 8.42 Å². The molecule has 2 aromatic rings. The van der Waals surface area contributed by atoms with Crippen molar-refractivity contribution in [2.24, 2.45) is 13.0 Å². The summed E-state index contributed by atoms with van der Waals surface area (Å²) >= 11 is 0. The summed E-state index contributed by atoms with van der Waals surface area (Å²) in [6.07, 6.45) is 3.46. The van der Waals surface area contributed by atoms with Crippen molar-refractivity contribution in [3.05, 3.63) is 65.5 Å². The molecule has 0 spiro atoms. The fourth-order valence-electron chi connectivity index (χ4n) is 3.90. The first-order valence-corrected chi connectivity index (χ1v) is 12.0. The highest BCUT2D eigenvalue weighted by molar-refractivity contribution is 7.89. The van der Waals surface area contributed by atoms with E-state index >= 15 is 0 Å². The van der Waals surface area contributed by atoms with Crippen molar-refractivity contribution in [2.75, 3.05) is 19.6 Å². The number of aromatic nitrogens is 1. The second-order valence-corrected chi connectivity index (χ2v) is 10.5. The van der Waals surface area contributed by atoms with Gasteiger partial charge in [0.1, 0.15) is 0 Å². The van der Waals surface area contributed by atoms with Crippen LogP contribution in [0.3, 0.4) is 0 Å². The van der Waals surface area contributed by atoms with Crippen LogP contribution in [0, 0.1) is 26.7 Å². The maximum atomic E-state index is 13.5. The van der Waals surface area contributed by atoms with E-state index in [2.05, 4.69) is 6.58 Å². The summed E-state index contributed by atoms with van der Waals surface area (Å²) in [5.74, 6) is 0.0398. The summed E-state index contributed by atoms with van der Waals surface area (Å²) in [6.45, 7) is 14.2. The minimum absolute atomic E-state index is 0.0699. The first kappa shape index (κ1) is 24.9. The number of sulfonamides is 1. The Morgan fingerprint density at radius 1 is 1.19 bits per heavy atom. The molecule has 0 unspecified atom stereocenters. The summed E-state index contributed by atoms with van der Waals surface area (Å²) in [7, 11) is -1.92. The van der Waals surface area contributed by atoms with Crippen LogP contribution in [-0.2, 0) is 28.4 Å². The number of rotatable bonds is 10. The average Bonchev–Trinajstić information content (AvgIpc) is 3.03. The molecule has 1 aromatic carbocycles. The highest BCUT2D eigenvalue weighted by Gasteiger charge is 2.30. The molecular formula is C24H35N3O3S. The molecule has 6 nitrogen and oxygen atoms in total. The van der Waals surface area contributed by atoms with E-state index in [-0.39, 0.29) is 29.8 Å². The van der Waals surface area contributed by atoms with Gasteiger partial charge in [-0.05, 0) is 49.9 Å². The number of hydrogen-bond donors (Lipinski definition) is 0. The van der Waals surface area contributed by atoms with Gasteiger partial charge in [-0.15, -0.1) is 6.58 Å². The SMILES string of the molecule is C=CCN(CC(=O)N(Cc1cccn1C)CC(C)C)S(=O)(=O)c1c(C)cc(C)cc1C. The predicted octanol–water partition coefficient (Wildman–Crippen LogP) is 3.81. The van der Waals surface area contributed by atoms with E-state index in [1.165, 1.54) is 10.4 Å². The van der Waals surface area contributed by atoms with Crippen molar-refractivity contribution in [3.8, 4) is 0 Å². The van der Waals surface area contributed by atoms with Gasteiger partial charge in [0.2, 0.25) is 15.9 Å². The molecular weight excluding hydrogens is 410 g/mol. The predicted molar refractivity (Wildman–Crippen MR) is 125 cm³/mol. The van der Waals surface area contributed by atoms with Crippen molar-refractivity contribution >= 4 is 15.9 Å². The van der Waals surface area contributed by atoms with Crippen LogP contribution in [-0.4, -0.2) is 47.7 Å². The van der Waals surface area contributed by atoms with E-state index in [4.69, 9.17) is 0 Å². The van der Waals surface area contributed by atoms with Gasteiger partial charge in [-0.2, -0.15) is 4.31 Å². The molecule has 0 radical (unpaired) electrons. The Kier molecular flexibility index (Phi) is 8.26. The number of benzene rings is 1. The van der Waals surface area contributed by atoms with Gasteiger partial charge in [-0.3, -0.25) is 4.79 Å². The largest absolute Gasteiger partial charge is 0.353 e. The molecule has 1 heterocycles. The van der Waals surface area contributed by atoms with E-state index < -0.39 is 10.0 Å². The molecule has 0 aliphatic rings. The standard InChI is InChI=1S/C24H35N3O3S/c1-8-11-27(31(29,30)24-20(5)13-19(4)14-21(24)6)17-23(28)26(15-18(2)3)16-22-10-9-12-25(22)7/h8-10,12-14,18H,1,11,15-17H2,2-7H3. The molecule has 2 rings (SSSR count). The van der Waals surface area contributed by atoms with Crippen molar-refractivity contribution in [2.45, 2.75) is 46.1 Å². The number of nitrogens with zero attached hydrogens (tertiary/aromatic N) is 3. The summed E-state index contributed by atoms with van der Waals surface area (Å²) in [5, 5.41) is 0. The fourth-order valence-corrected chi connectivity index (χ4v) is 5.67. The fraction of sp³-hybridized carbons (Fsp3) is 0.458. The quantitative estimate of drug-likeness (QED) is 0.523. The molecule has 0 bridgehead atoms. The number of hydrogen-bond acceptors (Lipinski definition) is 3. The van der Waals surface area contributed by atoms with Crippen LogP contribution in [0.4, 0.5) is 0 Å². The first-order valence-electron chi connectivity index (χ1n) is 10.5. The summed E-state index contributed by atoms with van der Waals surface area (Å²) < 4.78 is 30.3. The Morgan fingerprint density at radius 2 is 1.81 bits per heavy atom. The van der Waals surface area contributed by atoms with Crippen molar-refractivity contribution < 1.29 is 13.2 Å². The van der Waals surface area contributed by atoms with Crippen molar-refractivity contribution in [3.63, 3.8) is 0 Å². The second-order valence-electron chi connectivity index (χ2n) is 8.59. The van der Waals surface area contributed by atoms with E-state index in [0.717, 1.165) is 11.3 Å². The number of carbonyl (C=O) groups excluding carboxylic acids is 1. The monoisotopic (exact) mass is 445 g/mol. The zero-order valence-corrected chi connectivity index (χ0v) is 20.4. The van der Waals surface area contributed by atoms with E-state index in [9.17, 15) is 13.2 Å². The van der Waals surface area contributed by atoms with Gasteiger partial charge in [-0.1, -0.05) is 37.6 Å². The zero-order valence-electron chi connectivity index (χ0n) is 19.6. The minimum Gasteiger partial charge on any atom is -0.353 e. The number of amides is 1. The molecule has 0 atom stereocenters. The molecule has 0 saturated heterocycles. The van der Waals surface area contributed by atoms with Gasteiger partial charge >= 0.3 is 0 Å². The Labute approximate surface area is 187 Å². The second kappa shape index (κ2) is 10.3. The maximum absolute atomic E-state index is 13.5. The summed E-state index contributed by atoms with van der Waals surface area (Å²) in [4.78, 5) is 15.3. The molecule has 0 N–H and O–H groups in total. The lowest BCUT2D eigenvalue weighted by Gasteiger charge is -2.29. The molecule has 1 amide bonds. The van der Waals surface area contributed by atoms with Crippen LogP contribution in [0.2, 0.25) is 0 Å². The van der Waals surface area contributed by atoms with E-state index in [1.54, 1.807) is 18.7 Å². The summed E-state index contributed by atoms with van der Waals surface area (Å²) in [5.41, 5.74) is 3.37. The molecule has 0 saturated carbocycles. The third-order valence-electron chi connectivity index (χ3n) is 5.19. The van der Waals surface area contributed by atoms with Crippen LogP contribution < -0.4 is 0 Å². The first-order chi connectivity index (χ1) is 14.5. The highest BCUT2D eigenvalue weighted by atomic mass is 32.2. The number of aryl methyl sites for hydroxylation is 4. The maximum Gasteiger partial charge on any atom is 0.244 e. The Hall–Kier alpha value is -2.38. The zero-order chi connectivity index (χ0) is 23.3. The number of carbonyl (C=O) groups is 1. The van der Waals surface area contributed by atoms with Crippen LogP contribution in [0.1, 0.15) is 36.2 Å². The Bertz CT molecular complexity index is 1020. The molecule has 0 aliphatic carbocycles. The Morgan fingerprint density at radius 3 is 2.29 bits per heavy atom. The normalized spacial score (nSPS) is 11.9. The van der Waals surface area contributed by atoms with Gasteiger partial charge in [0.05, 0.1) is 18.0 Å². The third-order valence-corrected chi connectivity index (χ3v) is 7.31. The van der Waals surface area contributed by atoms with Crippen LogP contribution >= 0.6 is 0 Å². The van der Waals surface area contributed by atoms with Gasteiger partial charge in [0.25, 0.3) is 0 Å². The van der Waals surface area contributed by atoms with E-state index in [1.807, 2.05) is 62.8 Å². The molecule has 0 aliphatic heterocycles. The van der Waals surface area contributed by atoms with Crippen LogP contribution in [0.5, 0.6) is 0 Å². The summed E-state index contributed by atoms with van der Waals surface area (Å²) in [6, 6.07) is 7.62. The average molecular weight is 446 g/mol. The van der Waals surface area contributed by atoms with E-state index in [0.29, 0.717) is 24.2 Å². The third kappa shape index (κ3) is 6.08.